The molecule has 0 spiro atoms. The van der Waals surface area contributed by atoms with Gasteiger partial charge in [-0.1, -0.05) is 47.5 Å². The molecule has 17 heavy (non-hydrogen) atoms. The van der Waals surface area contributed by atoms with Gasteiger partial charge in [0.25, 0.3) is 0 Å². The SMILES string of the molecule is CCC1C(CC)C(CC)(CC)S(=O)(=O)C1CC. The van der Waals surface area contributed by atoms with Crippen molar-refractivity contribution in [3.05, 3.63) is 0 Å². The van der Waals surface area contributed by atoms with Crippen LogP contribution in [0, 0.1) is 11.8 Å². The normalized spacial score (nSPS) is 35.0. The van der Waals surface area contributed by atoms with E-state index in [0.29, 0.717) is 11.8 Å². The third-order valence-electron chi connectivity index (χ3n) is 5.15. The van der Waals surface area contributed by atoms with Gasteiger partial charge in [0.15, 0.2) is 9.84 Å². The molecule has 3 atom stereocenters. The molecule has 0 amide bonds. The summed E-state index contributed by atoms with van der Waals surface area (Å²) in [6.07, 6.45) is 4.32. The van der Waals surface area contributed by atoms with E-state index in [2.05, 4.69) is 27.7 Å². The molecular weight excluding hydrogens is 232 g/mol. The van der Waals surface area contributed by atoms with Gasteiger partial charge in [0, 0.05) is 0 Å². The van der Waals surface area contributed by atoms with Crippen molar-refractivity contribution in [2.75, 3.05) is 0 Å². The number of rotatable bonds is 5. The molecule has 0 aromatic carbocycles. The van der Waals surface area contributed by atoms with E-state index in [1.54, 1.807) is 0 Å². The molecule has 0 bridgehead atoms. The molecule has 0 aromatic rings. The Balaban J connectivity index is 3.37. The maximum Gasteiger partial charge on any atom is 0.159 e. The first-order chi connectivity index (χ1) is 7.96. The molecule has 1 aliphatic rings. The highest BCUT2D eigenvalue weighted by Gasteiger charge is 2.60. The van der Waals surface area contributed by atoms with Crippen LogP contribution in [0.3, 0.4) is 0 Å². The van der Waals surface area contributed by atoms with Crippen LogP contribution in [0.2, 0.25) is 0 Å². The summed E-state index contributed by atoms with van der Waals surface area (Å²) >= 11 is 0. The Bertz CT molecular complexity index is 341. The first kappa shape index (κ1) is 15.0. The van der Waals surface area contributed by atoms with E-state index in [-0.39, 0.29) is 5.25 Å². The topological polar surface area (TPSA) is 34.1 Å². The van der Waals surface area contributed by atoms with E-state index in [9.17, 15) is 8.42 Å². The zero-order valence-electron chi connectivity index (χ0n) is 12.0. The maximum atomic E-state index is 12.8. The Morgan fingerprint density at radius 2 is 1.41 bits per heavy atom. The van der Waals surface area contributed by atoms with Crippen LogP contribution in [0.1, 0.15) is 66.7 Å². The second-order valence-corrected chi connectivity index (χ2v) is 7.86. The summed E-state index contributed by atoms with van der Waals surface area (Å²) in [4.78, 5) is 0. The summed E-state index contributed by atoms with van der Waals surface area (Å²) < 4.78 is 25.3. The molecule has 2 nitrogen and oxygen atoms in total. The minimum Gasteiger partial charge on any atom is -0.228 e. The molecule has 3 unspecified atom stereocenters. The van der Waals surface area contributed by atoms with Crippen LogP contribution in [0.4, 0.5) is 0 Å². The lowest BCUT2D eigenvalue weighted by Crippen LogP contribution is -2.40. The minimum atomic E-state index is -2.96. The molecule has 0 saturated carbocycles. The van der Waals surface area contributed by atoms with Crippen LogP contribution < -0.4 is 0 Å². The predicted octanol–water partition coefficient (Wildman–Crippen LogP) is 3.80. The minimum absolute atomic E-state index is 0.0997. The first-order valence-corrected chi connectivity index (χ1v) is 8.74. The standard InChI is InChI=1S/C14H28O2S/c1-6-11-12(7-2)14(9-4,10-5)17(15,16)13(11)8-3/h11-13H,6-10H2,1-5H3. The second kappa shape index (κ2) is 5.29. The van der Waals surface area contributed by atoms with Crippen LogP contribution in [0.15, 0.2) is 0 Å². The molecule has 102 valence electrons. The van der Waals surface area contributed by atoms with Crippen molar-refractivity contribution >= 4 is 9.84 Å². The molecule has 0 aromatic heterocycles. The van der Waals surface area contributed by atoms with Gasteiger partial charge >= 0.3 is 0 Å². The highest BCUT2D eigenvalue weighted by molar-refractivity contribution is 7.93. The molecule has 0 aliphatic carbocycles. The molecule has 1 rings (SSSR count). The van der Waals surface area contributed by atoms with Crippen molar-refractivity contribution < 1.29 is 8.42 Å². The molecule has 0 N–H and O–H groups in total. The smallest absolute Gasteiger partial charge is 0.159 e. The van der Waals surface area contributed by atoms with Crippen LogP contribution in [-0.4, -0.2) is 18.4 Å². The Morgan fingerprint density at radius 1 is 0.882 bits per heavy atom. The highest BCUT2D eigenvalue weighted by atomic mass is 32.2. The fourth-order valence-corrected chi connectivity index (χ4v) is 7.77. The van der Waals surface area contributed by atoms with Gasteiger partial charge in [0.05, 0.1) is 10.00 Å². The summed E-state index contributed by atoms with van der Waals surface area (Å²) in [5.74, 6) is 0.729. The number of hydrogen-bond donors (Lipinski definition) is 0. The van der Waals surface area contributed by atoms with E-state index in [0.717, 1.165) is 32.1 Å². The second-order valence-electron chi connectivity index (χ2n) is 5.35. The third kappa shape index (κ3) is 1.85. The monoisotopic (exact) mass is 260 g/mol. The van der Waals surface area contributed by atoms with Crippen molar-refractivity contribution in [1.29, 1.82) is 0 Å². The van der Waals surface area contributed by atoms with Crippen LogP contribution in [-0.2, 0) is 9.84 Å². The summed E-state index contributed by atoms with van der Waals surface area (Å²) in [7, 11) is -2.96. The van der Waals surface area contributed by atoms with Gasteiger partial charge in [-0.2, -0.15) is 0 Å². The fraction of sp³-hybridized carbons (Fsp3) is 1.00. The lowest BCUT2D eigenvalue weighted by atomic mass is 9.74. The van der Waals surface area contributed by atoms with Crippen molar-refractivity contribution in [2.45, 2.75) is 76.7 Å². The molecule has 0 radical (unpaired) electrons. The fourth-order valence-electron chi connectivity index (χ4n) is 4.31. The first-order valence-electron chi connectivity index (χ1n) is 7.20. The Labute approximate surface area is 107 Å². The summed E-state index contributed by atoms with van der Waals surface area (Å²) in [6.45, 7) is 10.4. The highest BCUT2D eigenvalue weighted by Crippen LogP contribution is 2.53. The molecule has 1 saturated heterocycles. The van der Waals surface area contributed by atoms with Crippen molar-refractivity contribution in [2.24, 2.45) is 11.8 Å². The third-order valence-corrected chi connectivity index (χ3v) is 8.64. The summed E-state index contributed by atoms with van der Waals surface area (Å²) in [5.41, 5.74) is 0. The lowest BCUT2D eigenvalue weighted by Gasteiger charge is -2.33. The molecule has 1 aliphatic heterocycles. The van der Waals surface area contributed by atoms with Gasteiger partial charge in [-0.3, -0.25) is 0 Å². The van der Waals surface area contributed by atoms with Crippen LogP contribution in [0.25, 0.3) is 0 Å². The quantitative estimate of drug-likeness (QED) is 0.753. The van der Waals surface area contributed by atoms with E-state index in [4.69, 9.17) is 0 Å². The largest absolute Gasteiger partial charge is 0.228 e. The zero-order chi connectivity index (χ0) is 13.3. The Hall–Kier alpha value is -0.0500. The number of sulfone groups is 1. The average Bonchev–Trinajstić information content (AvgIpc) is 2.51. The van der Waals surface area contributed by atoms with Crippen molar-refractivity contribution in [1.82, 2.24) is 0 Å². The average molecular weight is 260 g/mol. The number of hydrogen-bond acceptors (Lipinski definition) is 2. The molecular formula is C14H28O2S. The lowest BCUT2D eigenvalue weighted by molar-refractivity contribution is 0.247. The summed E-state index contributed by atoms with van der Waals surface area (Å²) in [5, 5.41) is -0.0997. The zero-order valence-corrected chi connectivity index (χ0v) is 12.8. The maximum absolute atomic E-state index is 12.8. The van der Waals surface area contributed by atoms with E-state index >= 15 is 0 Å². The Morgan fingerprint density at radius 3 is 1.71 bits per heavy atom. The summed E-state index contributed by atoms with van der Waals surface area (Å²) in [6, 6.07) is 0. The Kier molecular flexibility index (Phi) is 4.67. The predicted molar refractivity (Wildman–Crippen MR) is 73.9 cm³/mol. The van der Waals surface area contributed by atoms with E-state index in [1.165, 1.54) is 0 Å². The van der Waals surface area contributed by atoms with Crippen LogP contribution in [0.5, 0.6) is 0 Å². The van der Waals surface area contributed by atoms with Gasteiger partial charge in [-0.25, -0.2) is 8.42 Å². The molecule has 3 heteroatoms. The van der Waals surface area contributed by atoms with Gasteiger partial charge in [0.1, 0.15) is 0 Å². The van der Waals surface area contributed by atoms with Crippen molar-refractivity contribution in [3.8, 4) is 0 Å². The van der Waals surface area contributed by atoms with Crippen LogP contribution >= 0.6 is 0 Å². The van der Waals surface area contributed by atoms with Gasteiger partial charge in [-0.05, 0) is 31.1 Å². The van der Waals surface area contributed by atoms with Gasteiger partial charge < -0.3 is 0 Å². The van der Waals surface area contributed by atoms with E-state index < -0.39 is 14.6 Å². The van der Waals surface area contributed by atoms with Gasteiger partial charge in [0.2, 0.25) is 0 Å². The van der Waals surface area contributed by atoms with Crippen molar-refractivity contribution in [3.63, 3.8) is 0 Å². The molecule has 1 heterocycles. The van der Waals surface area contributed by atoms with E-state index in [1.807, 2.05) is 6.92 Å². The van der Waals surface area contributed by atoms with Gasteiger partial charge in [-0.15, -0.1) is 0 Å². The molecule has 1 fully saturated rings.